The van der Waals surface area contributed by atoms with Gasteiger partial charge in [0.25, 0.3) is 0 Å². The van der Waals surface area contributed by atoms with Crippen LogP contribution in [0.25, 0.3) is 10.6 Å². The summed E-state index contributed by atoms with van der Waals surface area (Å²) in [5.41, 5.74) is 2.16. The van der Waals surface area contributed by atoms with E-state index >= 15 is 0 Å². The highest BCUT2D eigenvalue weighted by atomic mass is 32.2. The van der Waals surface area contributed by atoms with Gasteiger partial charge in [0.1, 0.15) is 17.4 Å². The molecule has 3 heterocycles. The van der Waals surface area contributed by atoms with Crippen molar-refractivity contribution >= 4 is 33.0 Å². The number of hydrogen-bond acceptors (Lipinski definition) is 10. The van der Waals surface area contributed by atoms with Crippen molar-refractivity contribution in [2.24, 2.45) is 0 Å². The van der Waals surface area contributed by atoms with Crippen LogP contribution in [0.4, 0.5) is 5.82 Å². The first-order valence-electron chi connectivity index (χ1n) is 11.6. The zero-order valence-electron chi connectivity index (χ0n) is 20.4. The number of thiazole rings is 1. The normalized spacial score (nSPS) is 12.3. The van der Waals surface area contributed by atoms with E-state index in [9.17, 15) is 13.2 Å². The van der Waals surface area contributed by atoms with Gasteiger partial charge in [-0.05, 0) is 43.7 Å². The number of sulfone groups is 1. The lowest BCUT2D eigenvalue weighted by atomic mass is 10.1. The summed E-state index contributed by atoms with van der Waals surface area (Å²) in [6.45, 7) is 3.71. The first kappa shape index (κ1) is 26.4. The zero-order chi connectivity index (χ0) is 26.3. The molecule has 9 nitrogen and oxygen atoms in total. The van der Waals surface area contributed by atoms with Crippen molar-refractivity contribution in [3.63, 3.8) is 0 Å². The van der Waals surface area contributed by atoms with Crippen LogP contribution in [0.15, 0.2) is 83.5 Å². The van der Waals surface area contributed by atoms with Crippen LogP contribution in [-0.4, -0.2) is 42.0 Å². The van der Waals surface area contributed by atoms with Gasteiger partial charge in [0.2, 0.25) is 9.84 Å². The Bertz CT molecular complexity index is 1410. The monoisotopic (exact) mass is 537 g/mol. The quantitative estimate of drug-likeness (QED) is 0.271. The molecule has 11 heteroatoms. The fourth-order valence-electron chi connectivity index (χ4n) is 3.51. The summed E-state index contributed by atoms with van der Waals surface area (Å²) < 4.78 is 32.3. The van der Waals surface area contributed by atoms with E-state index in [1.807, 2.05) is 29.6 Å². The average Bonchev–Trinajstić information content (AvgIpc) is 3.43. The van der Waals surface area contributed by atoms with Gasteiger partial charge in [-0.25, -0.2) is 23.4 Å². The molecule has 0 aliphatic carbocycles. The van der Waals surface area contributed by atoms with Crippen LogP contribution >= 0.6 is 11.3 Å². The number of rotatable bonds is 11. The molecule has 0 saturated heterocycles. The van der Waals surface area contributed by atoms with Gasteiger partial charge in [-0.1, -0.05) is 36.4 Å². The number of carbonyl (C=O) groups is 1. The number of pyridine rings is 2. The fraction of sp³-hybridized carbons (Fsp3) is 0.231. The van der Waals surface area contributed by atoms with Crippen LogP contribution < -0.4 is 10.6 Å². The van der Waals surface area contributed by atoms with Gasteiger partial charge in [0.15, 0.2) is 10.4 Å². The van der Waals surface area contributed by atoms with Crippen molar-refractivity contribution in [2.45, 2.75) is 36.9 Å². The van der Waals surface area contributed by atoms with E-state index in [1.165, 1.54) is 12.3 Å². The van der Waals surface area contributed by atoms with Gasteiger partial charge in [0.05, 0.1) is 11.8 Å². The molecule has 0 bridgehead atoms. The average molecular weight is 538 g/mol. The van der Waals surface area contributed by atoms with Gasteiger partial charge in [-0.3, -0.25) is 10.1 Å². The van der Waals surface area contributed by atoms with Crippen molar-refractivity contribution in [1.29, 1.82) is 0 Å². The molecule has 1 unspecified atom stereocenters. The third kappa shape index (κ3) is 6.97. The molecule has 37 heavy (non-hydrogen) atoms. The number of nitrogens with one attached hydrogen (secondary N) is 2. The van der Waals surface area contributed by atoms with E-state index in [0.29, 0.717) is 5.82 Å². The highest BCUT2D eigenvalue weighted by Gasteiger charge is 2.31. The SMILES string of the molecule is CC(C)OC(=O)CNc1cccc(C(NCc2ccc(-c3nccs3)cc2)S(=O)(=O)c2ccccn2)n1. The van der Waals surface area contributed by atoms with Gasteiger partial charge in [0, 0.05) is 29.9 Å². The van der Waals surface area contributed by atoms with E-state index in [4.69, 9.17) is 4.74 Å². The second kappa shape index (κ2) is 12.0. The first-order chi connectivity index (χ1) is 17.8. The maximum Gasteiger partial charge on any atom is 0.325 e. The van der Waals surface area contributed by atoms with Gasteiger partial charge < -0.3 is 10.1 Å². The minimum absolute atomic E-state index is 0.0627. The molecular formula is C26H27N5O4S2. The second-order valence-electron chi connectivity index (χ2n) is 8.35. The highest BCUT2D eigenvalue weighted by molar-refractivity contribution is 7.91. The highest BCUT2D eigenvalue weighted by Crippen LogP contribution is 2.26. The number of carbonyl (C=O) groups excluding carboxylic acids is 1. The molecule has 1 atom stereocenters. The molecule has 1 aromatic carbocycles. The van der Waals surface area contributed by atoms with Crippen LogP contribution in [0, 0.1) is 0 Å². The Morgan fingerprint density at radius 3 is 2.49 bits per heavy atom. The van der Waals surface area contributed by atoms with E-state index < -0.39 is 21.2 Å². The molecule has 0 spiro atoms. The summed E-state index contributed by atoms with van der Waals surface area (Å²) in [6, 6.07) is 17.5. The van der Waals surface area contributed by atoms with Crippen molar-refractivity contribution in [1.82, 2.24) is 20.3 Å². The molecular weight excluding hydrogens is 510 g/mol. The maximum atomic E-state index is 13.6. The predicted molar refractivity (Wildman–Crippen MR) is 143 cm³/mol. The van der Waals surface area contributed by atoms with Crippen molar-refractivity contribution < 1.29 is 17.9 Å². The molecule has 0 amide bonds. The Kier molecular flexibility index (Phi) is 8.59. The predicted octanol–water partition coefficient (Wildman–Crippen LogP) is 4.23. The summed E-state index contributed by atoms with van der Waals surface area (Å²) in [4.78, 5) is 24.8. The molecule has 0 aliphatic rings. The largest absolute Gasteiger partial charge is 0.462 e. The molecule has 0 saturated carbocycles. The molecule has 4 rings (SSSR count). The fourth-order valence-corrected chi connectivity index (χ4v) is 5.63. The van der Waals surface area contributed by atoms with E-state index in [0.717, 1.165) is 16.1 Å². The molecule has 3 aromatic heterocycles. The Morgan fingerprint density at radius 1 is 1.00 bits per heavy atom. The topological polar surface area (TPSA) is 123 Å². The van der Waals surface area contributed by atoms with Gasteiger partial charge in [-0.2, -0.15) is 0 Å². The summed E-state index contributed by atoms with van der Waals surface area (Å²) >= 11 is 1.55. The Labute approximate surface area is 219 Å². The van der Waals surface area contributed by atoms with Gasteiger partial charge in [-0.15, -0.1) is 11.3 Å². The smallest absolute Gasteiger partial charge is 0.325 e. The van der Waals surface area contributed by atoms with Crippen LogP contribution in [0.5, 0.6) is 0 Å². The lowest BCUT2D eigenvalue weighted by molar-refractivity contribution is -0.145. The molecule has 0 aliphatic heterocycles. The second-order valence-corrected chi connectivity index (χ2v) is 11.2. The van der Waals surface area contributed by atoms with Crippen molar-refractivity contribution in [3.8, 4) is 10.6 Å². The summed E-state index contributed by atoms with van der Waals surface area (Å²) in [7, 11) is -3.94. The molecule has 2 N–H and O–H groups in total. The number of ether oxygens (including phenoxy) is 1. The van der Waals surface area contributed by atoms with E-state index in [2.05, 4.69) is 25.6 Å². The summed E-state index contributed by atoms with van der Waals surface area (Å²) in [5, 5.41) is 7.64. The third-order valence-corrected chi connectivity index (χ3v) is 7.86. The van der Waals surface area contributed by atoms with Crippen LogP contribution in [0.2, 0.25) is 0 Å². The van der Waals surface area contributed by atoms with Crippen molar-refractivity contribution in [3.05, 3.63) is 89.7 Å². The standard InChI is InChI=1S/C26H27N5O4S2/c1-18(2)35-24(32)17-29-22-7-5-6-21(31-22)26(37(33,34)23-8-3-4-13-27-23)30-16-19-9-11-20(12-10-19)25-28-14-15-36-25/h3-15,18,26,30H,16-17H2,1-2H3,(H,29,31). The van der Waals surface area contributed by atoms with Gasteiger partial charge >= 0.3 is 5.97 Å². The number of nitrogens with zero attached hydrogens (tertiary/aromatic N) is 3. The molecule has 0 radical (unpaired) electrons. The lowest BCUT2D eigenvalue weighted by Crippen LogP contribution is -2.30. The number of esters is 1. The molecule has 0 fully saturated rings. The minimum atomic E-state index is -3.94. The maximum absolute atomic E-state index is 13.6. The minimum Gasteiger partial charge on any atom is -0.462 e. The van der Waals surface area contributed by atoms with Crippen molar-refractivity contribution in [2.75, 3.05) is 11.9 Å². The molecule has 192 valence electrons. The van der Waals surface area contributed by atoms with Crippen LogP contribution in [0.1, 0.15) is 30.5 Å². The van der Waals surface area contributed by atoms with Crippen LogP contribution in [-0.2, 0) is 25.9 Å². The molecule has 4 aromatic rings. The summed E-state index contributed by atoms with van der Waals surface area (Å²) in [5.74, 6) is -0.0757. The zero-order valence-corrected chi connectivity index (χ0v) is 22.0. The number of anilines is 1. The summed E-state index contributed by atoms with van der Waals surface area (Å²) in [6.07, 6.45) is 2.96. The Hall–Kier alpha value is -3.67. The Balaban J connectivity index is 1.56. The van der Waals surface area contributed by atoms with E-state index in [-0.39, 0.29) is 29.9 Å². The number of hydrogen-bond donors (Lipinski definition) is 2. The Morgan fingerprint density at radius 2 is 1.81 bits per heavy atom. The number of benzene rings is 1. The van der Waals surface area contributed by atoms with Crippen LogP contribution in [0.3, 0.4) is 0 Å². The third-order valence-electron chi connectivity index (χ3n) is 5.18. The lowest BCUT2D eigenvalue weighted by Gasteiger charge is -2.19. The number of aromatic nitrogens is 3. The first-order valence-corrected chi connectivity index (χ1v) is 14.0. The van der Waals surface area contributed by atoms with E-state index in [1.54, 1.807) is 61.7 Å².